The molecule has 114 valence electrons. The zero-order valence-electron chi connectivity index (χ0n) is 13.0. The number of aromatic amines is 1. The van der Waals surface area contributed by atoms with Gasteiger partial charge in [-0.15, -0.1) is 0 Å². The summed E-state index contributed by atoms with van der Waals surface area (Å²) in [7, 11) is 0. The maximum Gasteiger partial charge on any atom is 0.0649 e. The van der Waals surface area contributed by atoms with Gasteiger partial charge in [0, 0.05) is 24.7 Å². The Morgan fingerprint density at radius 1 is 1.09 bits per heavy atom. The number of H-pyrrole nitrogens is 1. The third-order valence-electron chi connectivity index (χ3n) is 4.10. The number of aryl methyl sites for hydroxylation is 2. The predicted molar refractivity (Wildman–Crippen MR) is 94.4 cm³/mol. The largest absolute Gasteiger partial charge is 0.360 e. The topological polar surface area (TPSA) is 27.8 Å². The minimum Gasteiger partial charge on any atom is -0.360 e. The van der Waals surface area contributed by atoms with Gasteiger partial charge in [-0.05, 0) is 47.7 Å². The van der Waals surface area contributed by atoms with Crippen molar-refractivity contribution in [3.8, 4) is 0 Å². The molecular weight excluding hydrogens is 292 g/mol. The lowest BCUT2D eigenvalue weighted by Gasteiger charge is -1.98. The Kier molecular flexibility index (Phi) is 4.51. The molecule has 0 saturated heterocycles. The summed E-state index contributed by atoms with van der Waals surface area (Å²) in [4.78, 5) is 3.20. The smallest absolute Gasteiger partial charge is 0.0649 e. The molecule has 0 amide bonds. The Labute approximate surface area is 136 Å². The standard InChI is InChI=1S/C11H12ClN.C8H9N/c1-3-8-6-13-11-9(8)4-7(2)5-10(11)12;1-2-4-8-6-9-5-7(8)3-1/h4-6,13H,3H2,1-2H3;1-4,9H,5-6H2. The van der Waals surface area contributed by atoms with Crippen molar-refractivity contribution in [2.24, 2.45) is 0 Å². The lowest BCUT2D eigenvalue weighted by molar-refractivity contribution is 0.765. The van der Waals surface area contributed by atoms with E-state index in [1.807, 2.05) is 12.3 Å². The van der Waals surface area contributed by atoms with Crippen molar-refractivity contribution in [3.63, 3.8) is 0 Å². The maximum absolute atomic E-state index is 6.10. The molecule has 0 atom stereocenters. The quantitative estimate of drug-likeness (QED) is 0.651. The molecule has 4 rings (SSSR count). The van der Waals surface area contributed by atoms with Gasteiger partial charge in [-0.25, -0.2) is 0 Å². The van der Waals surface area contributed by atoms with E-state index < -0.39 is 0 Å². The fourth-order valence-corrected chi connectivity index (χ4v) is 3.23. The van der Waals surface area contributed by atoms with Crippen LogP contribution in [0.2, 0.25) is 5.02 Å². The monoisotopic (exact) mass is 312 g/mol. The van der Waals surface area contributed by atoms with Gasteiger partial charge in [0.25, 0.3) is 0 Å². The van der Waals surface area contributed by atoms with Crippen molar-refractivity contribution in [2.45, 2.75) is 33.4 Å². The zero-order valence-corrected chi connectivity index (χ0v) is 13.8. The Bertz CT molecular complexity index is 766. The summed E-state index contributed by atoms with van der Waals surface area (Å²) < 4.78 is 0. The Morgan fingerprint density at radius 3 is 2.41 bits per heavy atom. The van der Waals surface area contributed by atoms with E-state index in [1.54, 1.807) is 0 Å². The number of hydrogen-bond donors (Lipinski definition) is 2. The van der Waals surface area contributed by atoms with Gasteiger partial charge in [0.1, 0.15) is 0 Å². The van der Waals surface area contributed by atoms with Crippen molar-refractivity contribution in [2.75, 3.05) is 0 Å². The van der Waals surface area contributed by atoms with E-state index in [4.69, 9.17) is 11.6 Å². The first-order valence-corrected chi connectivity index (χ1v) is 8.10. The summed E-state index contributed by atoms with van der Waals surface area (Å²) in [6.07, 6.45) is 3.08. The maximum atomic E-state index is 6.10. The number of nitrogens with one attached hydrogen (secondary N) is 2. The highest BCUT2D eigenvalue weighted by Gasteiger charge is 2.06. The molecule has 2 N–H and O–H groups in total. The van der Waals surface area contributed by atoms with Gasteiger partial charge in [-0.3, -0.25) is 0 Å². The van der Waals surface area contributed by atoms with Crippen LogP contribution in [0.5, 0.6) is 0 Å². The molecule has 2 aromatic carbocycles. The summed E-state index contributed by atoms with van der Waals surface area (Å²) in [6, 6.07) is 12.7. The molecule has 3 aromatic rings. The Hall–Kier alpha value is -1.77. The van der Waals surface area contributed by atoms with E-state index in [-0.39, 0.29) is 0 Å². The second-order valence-electron chi connectivity index (χ2n) is 5.71. The summed E-state index contributed by atoms with van der Waals surface area (Å²) in [6.45, 7) is 6.32. The van der Waals surface area contributed by atoms with E-state index in [0.717, 1.165) is 30.0 Å². The van der Waals surface area contributed by atoms with Gasteiger partial charge in [-0.2, -0.15) is 0 Å². The Balaban J connectivity index is 0.000000139. The van der Waals surface area contributed by atoms with Crippen molar-refractivity contribution >= 4 is 22.5 Å². The van der Waals surface area contributed by atoms with E-state index >= 15 is 0 Å². The molecule has 0 saturated carbocycles. The molecule has 2 heterocycles. The fourth-order valence-electron chi connectivity index (χ4n) is 2.91. The predicted octanol–water partition coefficient (Wildman–Crippen LogP) is 4.98. The van der Waals surface area contributed by atoms with Gasteiger partial charge in [0.05, 0.1) is 10.5 Å². The average Bonchev–Trinajstić information content (AvgIpc) is 3.13. The molecule has 0 aliphatic carbocycles. The number of aromatic nitrogens is 1. The third kappa shape index (κ3) is 3.03. The number of rotatable bonds is 1. The molecule has 1 aliphatic rings. The molecule has 0 radical (unpaired) electrons. The number of halogens is 1. The van der Waals surface area contributed by atoms with Crippen LogP contribution in [0.15, 0.2) is 42.6 Å². The first-order chi connectivity index (χ1) is 10.7. The molecular formula is C19H21ClN2. The van der Waals surface area contributed by atoms with Crippen LogP contribution in [-0.2, 0) is 19.5 Å². The molecule has 3 heteroatoms. The van der Waals surface area contributed by atoms with Crippen LogP contribution in [0, 0.1) is 6.92 Å². The number of benzene rings is 2. The van der Waals surface area contributed by atoms with Gasteiger partial charge in [0.2, 0.25) is 0 Å². The minimum absolute atomic E-state index is 0.815. The highest BCUT2D eigenvalue weighted by Crippen LogP contribution is 2.27. The molecule has 22 heavy (non-hydrogen) atoms. The van der Waals surface area contributed by atoms with Crippen LogP contribution in [0.25, 0.3) is 10.9 Å². The molecule has 0 spiro atoms. The highest BCUT2D eigenvalue weighted by molar-refractivity contribution is 6.35. The van der Waals surface area contributed by atoms with Crippen molar-refractivity contribution in [3.05, 3.63) is 69.9 Å². The minimum atomic E-state index is 0.815. The van der Waals surface area contributed by atoms with Crippen molar-refractivity contribution < 1.29 is 0 Å². The van der Waals surface area contributed by atoms with Gasteiger partial charge < -0.3 is 10.3 Å². The van der Waals surface area contributed by atoms with E-state index in [1.165, 1.54) is 27.6 Å². The lowest BCUT2D eigenvalue weighted by atomic mass is 10.1. The SMILES string of the molecule is CCc1c[nH]c2c(Cl)cc(C)cc12.c1ccc2c(c1)CNC2. The van der Waals surface area contributed by atoms with Crippen LogP contribution in [-0.4, -0.2) is 4.98 Å². The van der Waals surface area contributed by atoms with Gasteiger partial charge in [-0.1, -0.05) is 42.8 Å². The Morgan fingerprint density at radius 2 is 1.77 bits per heavy atom. The summed E-state index contributed by atoms with van der Waals surface area (Å²) in [5.74, 6) is 0. The molecule has 1 aromatic heterocycles. The normalized spacial score (nSPS) is 12.9. The second kappa shape index (κ2) is 6.55. The van der Waals surface area contributed by atoms with Crippen molar-refractivity contribution in [1.29, 1.82) is 0 Å². The van der Waals surface area contributed by atoms with E-state index in [9.17, 15) is 0 Å². The molecule has 0 unspecified atom stereocenters. The van der Waals surface area contributed by atoms with Gasteiger partial charge >= 0.3 is 0 Å². The van der Waals surface area contributed by atoms with Crippen LogP contribution >= 0.6 is 11.6 Å². The van der Waals surface area contributed by atoms with Crippen molar-refractivity contribution in [1.82, 2.24) is 10.3 Å². The molecule has 1 aliphatic heterocycles. The first kappa shape index (κ1) is 15.1. The van der Waals surface area contributed by atoms with Crippen LogP contribution in [0.3, 0.4) is 0 Å². The first-order valence-electron chi connectivity index (χ1n) is 7.72. The number of hydrogen-bond acceptors (Lipinski definition) is 1. The number of fused-ring (bicyclic) bond motifs is 2. The molecule has 0 bridgehead atoms. The van der Waals surface area contributed by atoms with Crippen LogP contribution < -0.4 is 5.32 Å². The fraction of sp³-hybridized carbons (Fsp3) is 0.263. The van der Waals surface area contributed by atoms with Gasteiger partial charge in [0.15, 0.2) is 0 Å². The van der Waals surface area contributed by atoms with E-state index in [2.05, 4.69) is 54.5 Å². The van der Waals surface area contributed by atoms with Crippen LogP contribution in [0.1, 0.15) is 29.2 Å². The lowest BCUT2D eigenvalue weighted by Crippen LogP contribution is -1.99. The highest BCUT2D eigenvalue weighted by atomic mass is 35.5. The zero-order chi connectivity index (χ0) is 15.5. The summed E-state index contributed by atoms with van der Waals surface area (Å²) in [5, 5.41) is 5.36. The summed E-state index contributed by atoms with van der Waals surface area (Å²) in [5.41, 5.74) is 6.52. The van der Waals surface area contributed by atoms with E-state index in [0.29, 0.717) is 0 Å². The molecule has 0 fully saturated rings. The summed E-state index contributed by atoms with van der Waals surface area (Å²) >= 11 is 6.10. The second-order valence-corrected chi connectivity index (χ2v) is 6.12. The average molecular weight is 313 g/mol. The van der Waals surface area contributed by atoms with Crippen LogP contribution in [0.4, 0.5) is 0 Å². The molecule has 2 nitrogen and oxygen atoms in total. The third-order valence-corrected chi connectivity index (χ3v) is 4.40.